The first-order chi connectivity index (χ1) is 16.9. The molecular weight excluding hydrogens is 500 g/mol. The van der Waals surface area contributed by atoms with Crippen LogP contribution in [-0.4, -0.2) is 44.0 Å². The molecule has 4 rings (SSSR count). The average molecular weight is 527 g/mol. The van der Waals surface area contributed by atoms with Crippen molar-refractivity contribution in [3.05, 3.63) is 64.7 Å². The Morgan fingerprint density at radius 1 is 1.06 bits per heavy atom. The average Bonchev–Trinajstić information content (AvgIpc) is 3.58. The van der Waals surface area contributed by atoms with Gasteiger partial charge in [-0.15, -0.1) is 0 Å². The van der Waals surface area contributed by atoms with E-state index in [1.165, 1.54) is 29.2 Å². The molecule has 1 N–H and O–H groups in total. The number of nitrogens with zero attached hydrogens (tertiary/aromatic N) is 1. The summed E-state index contributed by atoms with van der Waals surface area (Å²) >= 11 is 0. The maximum absolute atomic E-state index is 14.7. The molecule has 1 saturated carbocycles. The van der Waals surface area contributed by atoms with Gasteiger partial charge in [0.15, 0.2) is 9.84 Å². The van der Waals surface area contributed by atoms with Gasteiger partial charge in [-0.1, -0.05) is 13.0 Å². The number of sulfone groups is 1. The largest absolute Gasteiger partial charge is 0.347 e. The van der Waals surface area contributed by atoms with Crippen LogP contribution in [0.25, 0.3) is 0 Å². The first-order valence-corrected chi connectivity index (χ1v) is 13.4. The van der Waals surface area contributed by atoms with Crippen LogP contribution in [0.5, 0.6) is 0 Å². The lowest BCUT2D eigenvalue weighted by Crippen LogP contribution is -2.47. The minimum absolute atomic E-state index is 0.0276. The zero-order chi connectivity index (χ0) is 26.4. The van der Waals surface area contributed by atoms with Gasteiger partial charge < -0.3 is 10.2 Å². The Balaban J connectivity index is 1.59. The highest BCUT2D eigenvalue weighted by Crippen LogP contribution is 2.43. The van der Waals surface area contributed by atoms with Crippen molar-refractivity contribution in [1.82, 2.24) is 10.2 Å². The van der Waals surface area contributed by atoms with Crippen LogP contribution in [0.2, 0.25) is 0 Å². The predicted molar refractivity (Wildman–Crippen MR) is 123 cm³/mol. The molecule has 1 saturated heterocycles. The fourth-order valence-electron chi connectivity index (χ4n) is 4.66. The smallest absolute Gasteiger partial charge is 0.266 e. The van der Waals surface area contributed by atoms with Crippen LogP contribution >= 0.6 is 0 Å². The maximum Gasteiger partial charge on any atom is 0.266 e. The standard InChI is InChI=1S/C25H26F4N2O4S/c1-13-8-21(31(12-13)25(33)15-4-3-5-16(9-15)36(2,34)35)24(32)30-22(14-6-7-14)17-10-20(27)18(23(28)29)11-19(17)26/h3-5,9-11,13-14,21-23H,6-8,12H2,1-2H3,(H,30,32)/t13-,21-,22-/m1/s1. The molecule has 0 spiro atoms. The second kappa shape index (κ2) is 9.84. The molecule has 2 aliphatic rings. The number of hydrogen-bond acceptors (Lipinski definition) is 4. The van der Waals surface area contributed by atoms with Gasteiger partial charge in [-0.2, -0.15) is 0 Å². The van der Waals surface area contributed by atoms with Gasteiger partial charge in [0.25, 0.3) is 12.3 Å². The number of amides is 2. The van der Waals surface area contributed by atoms with Gasteiger partial charge in [0.2, 0.25) is 5.91 Å². The molecule has 2 fully saturated rings. The monoisotopic (exact) mass is 526 g/mol. The summed E-state index contributed by atoms with van der Waals surface area (Å²) in [7, 11) is -3.55. The zero-order valence-corrected chi connectivity index (χ0v) is 20.5. The van der Waals surface area contributed by atoms with Crippen molar-refractivity contribution in [3.63, 3.8) is 0 Å². The van der Waals surface area contributed by atoms with Crippen LogP contribution in [0.4, 0.5) is 17.6 Å². The van der Waals surface area contributed by atoms with E-state index in [1.54, 1.807) is 0 Å². The lowest BCUT2D eigenvalue weighted by Gasteiger charge is -2.27. The quantitative estimate of drug-likeness (QED) is 0.542. The van der Waals surface area contributed by atoms with Crippen molar-refractivity contribution in [3.8, 4) is 0 Å². The van der Waals surface area contributed by atoms with Crippen LogP contribution in [0, 0.1) is 23.5 Å². The number of nitrogens with one attached hydrogen (secondary N) is 1. The van der Waals surface area contributed by atoms with Gasteiger partial charge in [-0.05, 0) is 61.4 Å². The third-order valence-corrected chi connectivity index (χ3v) is 7.77. The Morgan fingerprint density at radius 2 is 1.69 bits per heavy atom. The molecule has 36 heavy (non-hydrogen) atoms. The molecule has 2 amide bonds. The van der Waals surface area contributed by atoms with Crippen molar-refractivity contribution in [2.24, 2.45) is 11.8 Å². The summed E-state index contributed by atoms with van der Waals surface area (Å²) in [5.74, 6) is -3.60. The fraction of sp³-hybridized carbons (Fsp3) is 0.440. The van der Waals surface area contributed by atoms with E-state index in [-0.39, 0.29) is 34.4 Å². The molecule has 6 nitrogen and oxygen atoms in total. The molecule has 2 aromatic carbocycles. The molecule has 1 aliphatic heterocycles. The van der Waals surface area contributed by atoms with Crippen molar-refractivity contribution in [1.29, 1.82) is 0 Å². The highest BCUT2D eigenvalue weighted by molar-refractivity contribution is 7.90. The number of rotatable bonds is 7. The summed E-state index contributed by atoms with van der Waals surface area (Å²) in [6.07, 6.45) is -0.543. The van der Waals surface area contributed by atoms with Crippen LogP contribution < -0.4 is 5.32 Å². The van der Waals surface area contributed by atoms with Crippen LogP contribution in [-0.2, 0) is 14.6 Å². The Kier molecular flexibility index (Phi) is 7.14. The molecule has 1 heterocycles. The van der Waals surface area contributed by atoms with Gasteiger partial charge >= 0.3 is 0 Å². The van der Waals surface area contributed by atoms with Gasteiger partial charge in [-0.25, -0.2) is 26.0 Å². The summed E-state index contributed by atoms with van der Waals surface area (Å²) in [5.41, 5.74) is -1.15. The van der Waals surface area contributed by atoms with E-state index in [0.717, 1.165) is 6.26 Å². The third kappa shape index (κ3) is 5.40. The van der Waals surface area contributed by atoms with E-state index in [2.05, 4.69) is 5.32 Å². The predicted octanol–water partition coefficient (Wildman–Crippen LogP) is 4.42. The molecule has 0 unspecified atom stereocenters. The van der Waals surface area contributed by atoms with Crippen molar-refractivity contribution < 1.29 is 35.6 Å². The van der Waals surface area contributed by atoms with E-state index in [4.69, 9.17) is 0 Å². The van der Waals surface area contributed by atoms with Gasteiger partial charge in [-0.3, -0.25) is 9.59 Å². The topological polar surface area (TPSA) is 83.6 Å². The summed E-state index contributed by atoms with van der Waals surface area (Å²) < 4.78 is 78.7. The molecular formula is C25H26F4N2O4S. The molecule has 194 valence electrons. The molecule has 1 aliphatic carbocycles. The number of halogens is 4. The minimum atomic E-state index is -3.55. The van der Waals surface area contributed by atoms with Crippen LogP contribution in [0.1, 0.15) is 60.1 Å². The molecule has 0 radical (unpaired) electrons. The van der Waals surface area contributed by atoms with Crippen LogP contribution in [0.15, 0.2) is 41.3 Å². The number of hydrogen-bond donors (Lipinski definition) is 1. The highest BCUT2D eigenvalue weighted by Gasteiger charge is 2.42. The van der Waals surface area contributed by atoms with Crippen molar-refractivity contribution >= 4 is 21.7 Å². The van der Waals surface area contributed by atoms with E-state index in [9.17, 15) is 35.6 Å². The first-order valence-electron chi connectivity index (χ1n) is 11.5. The minimum Gasteiger partial charge on any atom is -0.347 e. The molecule has 11 heteroatoms. The molecule has 0 aromatic heterocycles. The first kappa shape index (κ1) is 26.1. The Hall–Kier alpha value is -2.95. The Labute approximate surface area is 206 Å². The Morgan fingerprint density at radius 3 is 2.31 bits per heavy atom. The fourth-order valence-corrected chi connectivity index (χ4v) is 5.32. The Bertz CT molecular complexity index is 1300. The van der Waals surface area contributed by atoms with E-state index < -0.39 is 57.4 Å². The second-order valence-electron chi connectivity index (χ2n) is 9.63. The van der Waals surface area contributed by atoms with Gasteiger partial charge in [0.05, 0.1) is 16.5 Å². The van der Waals surface area contributed by atoms with E-state index in [1.807, 2.05) is 6.92 Å². The lowest BCUT2D eigenvalue weighted by molar-refractivity contribution is -0.125. The lowest BCUT2D eigenvalue weighted by atomic mass is 9.98. The molecule has 3 atom stereocenters. The van der Waals surface area contributed by atoms with Crippen molar-refractivity contribution in [2.45, 2.75) is 49.6 Å². The number of likely N-dealkylation sites (tertiary alicyclic amines) is 1. The summed E-state index contributed by atoms with van der Waals surface area (Å²) in [5, 5.41) is 2.72. The second-order valence-corrected chi connectivity index (χ2v) is 11.6. The zero-order valence-electron chi connectivity index (χ0n) is 19.7. The number of carbonyl (C=O) groups excluding carboxylic acids is 2. The van der Waals surface area contributed by atoms with Gasteiger partial charge in [0, 0.05) is 23.9 Å². The molecule has 0 bridgehead atoms. The SMILES string of the molecule is C[C@@H]1C[C@H](C(=O)N[C@@H](c2cc(F)c(C(F)F)cc2F)C2CC2)N(C(=O)c2cccc(S(C)(=O)=O)c2)C1. The maximum atomic E-state index is 14.7. The molecule has 2 aromatic rings. The van der Waals surface area contributed by atoms with E-state index in [0.29, 0.717) is 31.4 Å². The summed E-state index contributed by atoms with van der Waals surface area (Å²) in [4.78, 5) is 27.9. The highest BCUT2D eigenvalue weighted by atomic mass is 32.2. The normalized spacial score (nSPS) is 21.0. The van der Waals surface area contributed by atoms with Crippen LogP contribution in [0.3, 0.4) is 0 Å². The van der Waals surface area contributed by atoms with E-state index >= 15 is 0 Å². The summed E-state index contributed by atoms with van der Waals surface area (Å²) in [6, 6.07) is 4.85. The number of benzene rings is 2. The number of alkyl halides is 2. The van der Waals surface area contributed by atoms with Gasteiger partial charge in [0.1, 0.15) is 17.7 Å². The van der Waals surface area contributed by atoms with Crippen molar-refractivity contribution in [2.75, 3.05) is 12.8 Å². The summed E-state index contributed by atoms with van der Waals surface area (Å²) in [6.45, 7) is 2.11. The third-order valence-electron chi connectivity index (χ3n) is 6.66. The number of carbonyl (C=O) groups is 2.